The third-order valence-electron chi connectivity index (χ3n) is 3.44. The minimum atomic E-state index is -1.60. The largest absolute Gasteiger partial charge is 0.383 e. The molecule has 0 heterocycles. The van der Waals surface area contributed by atoms with Crippen LogP contribution in [0.3, 0.4) is 0 Å². The van der Waals surface area contributed by atoms with E-state index in [9.17, 15) is 24.7 Å². The van der Waals surface area contributed by atoms with Crippen LogP contribution < -0.4 is 10.6 Å². The number of rotatable bonds is 9. The Morgan fingerprint density at radius 3 is 2.40 bits per heavy atom. The predicted octanol–water partition coefficient (Wildman–Crippen LogP) is 1.11. The molecular weight excluding hydrogens is 346 g/mol. The highest BCUT2D eigenvalue weighted by Crippen LogP contribution is 2.27. The van der Waals surface area contributed by atoms with Crippen LogP contribution in [0.4, 0.5) is 4.79 Å². The zero-order valence-corrected chi connectivity index (χ0v) is 16.1. The van der Waals surface area contributed by atoms with Gasteiger partial charge >= 0.3 is 0 Å². The van der Waals surface area contributed by atoms with Crippen molar-refractivity contribution in [3.8, 4) is 0 Å². The van der Waals surface area contributed by atoms with Crippen LogP contribution in [0.5, 0.6) is 0 Å². The van der Waals surface area contributed by atoms with Crippen LogP contribution in [0, 0.1) is 5.92 Å². The van der Waals surface area contributed by atoms with E-state index in [0.717, 1.165) is 24.6 Å². The Morgan fingerprint density at radius 1 is 1.28 bits per heavy atom. The summed E-state index contributed by atoms with van der Waals surface area (Å²) in [6.45, 7) is 7.57. The summed E-state index contributed by atoms with van der Waals surface area (Å²) in [6, 6.07) is 0.277. The van der Waals surface area contributed by atoms with Crippen LogP contribution in [0.15, 0.2) is 0 Å². The van der Waals surface area contributed by atoms with Crippen molar-refractivity contribution in [3.05, 3.63) is 0 Å². The standard InChI is InChI=1S/C16H29N3O5S/c1-10(2)8-19(24)14(22)12(20)7-13(21)17-9-16(3,4)25-15(23)18-11-5-6-11/h10-12,20,24H,5-9H2,1-4H3,(H,17,21)(H,18,23)/t12-/m0/s1. The lowest BCUT2D eigenvalue weighted by molar-refractivity contribution is -0.177. The number of nitrogens with zero attached hydrogens (tertiary/aromatic N) is 1. The number of hydrogen-bond acceptors (Lipinski definition) is 6. The summed E-state index contributed by atoms with van der Waals surface area (Å²) in [4.78, 5) is 35.5. The molecule has 0 aliphatic heterocycles. The highest BCUT2D eigenvalue weighted by Gasteiger charge is 2.29. The van der Waals surface area contributed by atoms with Gasteiger partial charge in [-0.15, -0.1) is 0 Å². The molecule has 4 N–H and O–H groups in total. The summed E-state index contributed by atoms with van der Waals surface area (Å²) in [5, 5.41) is 25.1. The Bertz CT molecular complexity index is 494. The molecule has 9 heteroatoms. The maximum atomic E-state index is 11.9. The summed E-state index contributed by atoms with van der Waals surface area (Å²) in [5.74, 6) is -1.38. The lowest BCUT2D eigenvalue weighted by Crippen LogP contribution is -2.43. The molecule has 1 atom stereocenters. The highest BCUT2D eigenvalue weighted by molar-refractivity contribution is 8.14. The molecule has 1 saturated carbocycles. The first-order valence-electron chi connectivity index (χ1n) is 8.44. The quantitative estimate of drug-likeness (QED) is 0.354. The Kier molecular flexibility index (Phi) is 8.17. The van der Waals surface area contributed by atoms with E-state index in [1.165, 1.54) is 0 Å². The van der Waals surface area contributed by atoms with Crippen LogP contribution in [0.25, 0.3) is 0 Å². The molecule has 0 radical (unpaired) electrons. The zero-order valence-electron chi connectivity index (χ0n) is 15.2. The van der Waals surface area contributed by atoms with Gasteiger partial charge in [0, 0.05) is 17.3 Å². The van der Waals surface area contributed by atoms with E-state index >= 15 is 0 Å². The van der Waals surface area contributed by atoms with E-state index < -0.39 is 29.1 Å². The van der Waals surface area contributed by atoms with Gasteiger partial charge in [-0.25, -0.2) is 5.06 Å². The second kappa shape index (κ2) is 9.40. The lowest BCUT2D eigenvalue weighted by Gasteiger charge is -2.24. The maximum absolute atomic E-state index is 11.9. The van der Waals surface area contributed by atoms with Gasteiger partial charge in [0.1, 0.15) is 6.10 Å². The minimum Gasteiger partial charge on any atom is -0.383 e. The molecule has 0 aromatic carbocycles. The molecule has 1 aliphatic rings. The van der Waals surface area contributed by atoms with Crippen molar-refractivity contribution in [1.82, 2.24) is 15.7 Å². The van der Waals surface area contributed by atoms with Gasteiger partial charge in [-0.2, -0.15) is 0 Å². The van der Waals surface area contributed by atoms with E-state index in [2.05, 4.69) is 10.6 Å². The second-order valence-electron chi connectivity index (χ2n) is 7.38. The monoisotopic (exact) mass is 375 g/mol. The Hall–Kier alpha value is -1.32. The fraction of sp³-hybridized carbons (Fsp3) is 0.812. The predicted molar refractivity (Wildman–Crippen MR) is 95.2 cm³/mol. The van der Waals surface area contributed by atoms with Gasteiger partial charge in [-0.3, -0.25) is 19.6 Å². The number of aliphatic hydroxyl groups is 1. The number of carbonyl (C=O) groups excluding carboxylic acids is 3. The van der Waals surface area contributed by atoms with Crippen molar-refractivity contribution >= 4 is 28.8 Å². The number of nitrogens with one attached hydrogen (secondary N) is 2. The Labute approximate surface area is 152 Å². The zero-order chi connectivity index (χ0) is 19.2. The molecule has 0 aromatic heterocycles. The second-order valence-corrected chi connectivity index (χ2v) is 9.06. The van der Waals surface area contributed by atoms with Crippen molar-refractivity contribution in [1.29, 1.82) is 0 Å². The van der Waals surface area contributed by atoms with Gasteiger partial charge in [0.15, 0.2) is 0 Å². The van der Waals surface area contributed by atoms with Crippen LogP contribution in [0.2, 0.25) is 0 Å². The van der Waals surface area contributed by atoms with E-state index in [4.69, 9.17) is 0 Å². The number of hydroxylamine groups is 2. The van der Waals surface area contributed by atoms with Crippen molar-refractivity contribution in [2.75, 3.05) is 13.1 Å². The van der Waals surface area contributed by atoms with Gasteiger partial charge in [0.2, 0.25) is 5.91 Å². The third-order valence-corrected chi connectivity index (χ3v) is 4.44. The van der Waals surface area contributed by atoms with Crippen molar-refractivity contribution in [2.24, 2.45) is 5.92 Å². The summed E-state index contributed by atoms with van der Waals surface area (Å²) in [7, 11) is 0. The van der Waals surface area contributed by atoms with Gasteiger partial charge in [0.25, 0.3) is 11.1 Å². The molecule has 0 aromatic rings. The number of carbonyl (C=O) groups is 3. The summed E-state index contributed by atoms with van der Waals surface area (Å²) in [6.07, 6.45) is -0.0248. The normalized spacial score (nSPS) is 15.6. The average Bonchev–Trinajstić information content (AvgIpc) is 3.26. The molecule has 0 spiro atoms. The fourth-order valence-corrected chi connectivity index (χ4v) is 2.84. The number of hydrogen-bond donors (Lipinski definition) is 4. The third kappa shape index (κ3) is 9.08. The van der Waals surface area contributed by atoms with Crippen LogP contribution in [0.1, 0.15) is 47.0 Å². The smallest absolute Gasteiger partial charge is 0.279 e. The first-order valence-corrected chi connectivity index (χ1v) is 9.26. The van der Waals surface area contributed by atoms with E-state index in [-0.39, 0.29) is 30.3 Å². The van der Waals surface area contributed by atoms with E-state index in [1.54, 1.807) is 0 Å². The summed E-state index contributed by atoms with van der Waals surface area (Å²) < 4.78 is -0.524. The SMILES string of the molecule is CC(C)CN(O)C(=O)[C@@H](O)CC(=O)NCC(C)(C)SC(=O)NC1CC1. The molecular formula is C16H29N3O5S. The molecule has 0 bridgehead atoms. The average molecular weight is 375 g/mol. The molecule has 1 rings (SSSR count). The summed E-state index contributed by atoms with van der Waals surface area (Å²) >= 11 is 1.11. The molecule has 144 valence electrons. The molecule has 0 saturated heterocycles. The lowest BCUT2D eigenvalue weighted by atomic mass is 10.1. The van der Waals surface area contributed by atoms with Gasteiger partial charge in [-0.05, 0) is 32.6 Å². The number of aliphatic hydroxyl groups excluding tert-OH is 1. The van der Waals surface area contributed by atoms with E-state index in [1.807, 2.05) is 27.7 Å². The van der Waals surface area contributed by atoms with Gasteiger partial charge < -0.3 is 15.7 Å². The maximum Gasteiger partial charge on any atom is 0.279 e. The van der Waals surface area contributed by atoms with Gasteiger partial charge in [-0.1, -0.05) is 25.6 Å². The molecule has 3 amide bonds. The Morgan fingerprint density at radius 2 is 1.88 bits per heavy atom. The minimum absolute atomic E-state index is 0.0367. The summed E-state index contributed by atoms with van der Waals surface area (Å²) in [5.41, 5.74) is 0. The molecule has 25 heavy (non-hydrogen) atoms. The van der Waals surface area contributed by atoms with Crippen LogP contribution >= 0.6 is 11.8 Å². The van der Waals surface area contributed by atoms with Crippen LogP contribution in [-0.4, -0.2) is 62.4 Å². The molecule has 1 aliphatic carbocycles. The highest BCUT2D eigenvalue weighted by atomic mass is 32.2. The van der Waals surface area contributed by atoms with Gasteiger partial charge in [0.05, 0.1) is 13.0 Å². The molecule has 8 nitrogen and oxygen atoms in total. The number of amides is 3. The van der Waals surface area contributed by atoms with Crippen molar-refractivity contribution in [3.63, 3.8) is 0 Å². The van der Waals surface area contributed by atoms with Crippen molar-refractivity contribution in [2.45, 2.75) is 63.9 Å². The topological polar surface area (TPSA) is 119 Å². The van der Waals surface area contributed by atoms with Crippen molar-refractivity contribution < 1.29 is 24.7 Å². The van der Waals surface area contributed by atoms with Crippen LogP contribution in [-0.2, 0) is 9.59 Å². The fourth-order valence-electron chi connectivity index (χ4n) is 1.97. The molecule has 0 unspecified atom stereocenters. The Balaban J connectivity index is 2.34. The first-order chi connectivity index (χ1) is 11.5. The number of thioether (sulfide) groups is 1. The molecule has 1 fully saturated rings. The van der Waals surface area contributed by atoms with E-state index in [0.29, 0.717) is 5.06 Å². The first kappa shape index (κ1) is 21.7.